The predicted octanol–water partition coefficient (Wildman–Crippen LogP) is 2.22. The molecule has 1 N–H and O–H groups in total. The number of rotatable bonds is 6. The molecule has 18 heavy (non-hydrogen) atoms. The molecule has 0 fully saturated rings. The Morgan fingerprint density at radius 2 is 2.22 bits per heavy atom. The molecule has 0 saturated carbocycles. The monoisotopic (exact) mass is 248 g/mol. The van der Waals surface area contributed by atoms with Gasteiger partial charge >= 0.3 is 0 Å². The van der Waals surface area contributed by atoms with Crippen LogP contribution in [0.1, 0.15) is 30.0 Å². The lowest BCUT2D eigenvalue weighted by Gasteiger charge is -2.12. The van der Waals surface area contributed by atoms with E-state index in [1.54, 1.807) is 0 Å². The summed E-state index contributed by atoms with van der Waals surface area (Å²) in [7, 11) is 6.21. The lowest BCUT2D eigenvalue weighted by atomic mass is 10.1. The molecule has 1 unspecified atom stereocenters. The Balaban J connectivity index is 1.88. The minimum atomic E-state index is 0.530. The smallest absolute Gasteiger partial charge is 0.119 e. The van der Waals surface area contributed by atoms with E-state index in [4.69, 9.17) is 4.74 Å². The Kier molecular flexibility index (Phi) is 4.61. The van der Waals surface area contributed by atoms with Gasteiger partial charge in [0.15, 0.2) is 0 Å². The second-order valence-corrected chi connectivity index (χ2v) is 5.25. The van der Waals surface area contributed by atoms with Crippen LogP contribution in [0.2, 0.25) is 0 Å². The summed E-state index contributed by atoms with van der Waals surface area (Å²) in [5.41, 5.74) is 2.89. The maximum absolute atomic E-state index is 5.80. The van der Waals surface area contributed by atoms with E-state index in [0.717, 1.165) is 31.7 Å². The van der Waals surface area contributed by atoms with Crippen molar-refractivity contribution in [1.29, 1.82) is 0 Å². The van der Waals surface area contributed by atoms with Gasteiger partial charge in [-0.2, -0.15) is 0 Å². The van der Waals surface area contributed by atoms with Crippen LogP contribution in [-0.4, -0.2) is 39.2 Å². The summed E-state index contributed by atoms with van der Waals surface area (Å²) in [5, 5.41) is 3.36. The zero-order valence-electron chi connectivity index (χ0n) is 11.7. The highest BCUT2D eigenvalue weighted by Gasteiger charge is 2.20. The van der Waals surface area contributed by atoms with Crippen LogP contribution in [0.3, 0.4) is 0 Å². The van der Waals surface area contributed by atoms with Gasteiger partial charge in [0, 0.05) is 12.6 Å². The molecule has 0 bridgehead atoms. The maximum Gasteiger partial charge on any atom is 0.119 e. The molecular formula is C15H24N2O. The van der Waals surface area contributed by atoms with E-state index in [9.17, 15) is 0 Å². The molecule has 0 heterocycles. The summed E-state index contributed by atoms with van der Waals surface area (Å²) in [5.74, 6) is 1.02. The second kappa shape index (κ2) is 6.21. The van der Waals surface area contributed by atoms with Crippen LogP contribution < -0.4 is 10.1 Å². The number of nitrogens with one attached hydrogen (secondary N) is 1. The van der Waals surface area contributed by atoms with E-state index in [0.29, 0.717) is 6.04 Å². The van der Waals surface area contributed by atoms with Gasteiger partial charge < -0.3 is 15.0 Å². The van der Waals surface area contributed by atoms with E-state index in [1.165, 1.54) is 17.5 Å². The van der Waals surface area contributed by atoms with Gasteiger partial charge in [0.05, 0.1) is 6.61 Å². The number of hydrogen-bond acceptors (Lipinski definition) is 3. The fraction of sp³-hybridized carbons (Fsp3) is 0.600. The number of benzene rings is 1. The van der Waals surface area contributed by atoms with Gasteiger partial charge in [-0.25, -0.2) is 0 Å². The van der Waals surface area contributed by atoms with Crippen molar-refractivity contribution in [3.05, 3.63) is 29.3 Å². The first-order chi connectivity index (χ1) is 8.70. The molecule has 1 atom stereocenters. The standard InChI is InChI=1S/C15H24N2O/c1-16-15-8-5-12-11-13(6-7-14(12)15)18-10-4-9-17(2)3/h6-7,11,15-16H,4-5,8-10H2,1-3H3. The molecule has 0 radical (unpaired) electrons. The van der Waals surface area contributed by atoms with Gasteiger partial charge in [-0.15, -0.1) is 0 Å². The third kappa shape index (κ3) is 3.24. The first-order valence-electron chi connectivity index (χ1n) is 6.78. The third-order valence-corrected chi connectivity index (χ3v) is 3.56. The van der Waals surface area contributed by atoms with Crippen LogP contribution in [-0.2, 0) is 6.42 Å². The molecule has 0 spiro atoms. The highest BCUT2D eigenvalue weighted by Crippen LogP contribution is 2.33. The van der Waals surface area contributed by atoms with E-state index < -0.39 is 0 Å². The fourth-order valence-electron chi connectivity index (χ4n) is 2.55. The first kappa shape index (κ1) is 13.4. The fourth-order valence-corrected chi connectivity index (χ4v) is 2.55. The average molecular weight is 248 g/mol. The van der Waals surface area contributed by atoms with Crippen molar-refractivity contribution in [3.8, 4) is 5.75 Å². The van der Waals surface area contributed by atoms with Crippen LogP contribution in [0.15, 0.2) is 18.2 Å². The first-order valence-corrected chi connectivity index (χ1v) is 6.78. The van der Waals surface area contributed by atoms with Crippen LogP contribution in [0.4, 0.5) is 0 Å². The molecule has 0 saturated heterocycles. The molecule has 2 rings (SSSR count). The van der Waals surface area contributed by atoms with Gasteiger partial charge in [0.1, 0.15) is 5.75 Å². The molecule has 3 heteroatoms. The molecule has 1 aliphatic rings. The summed E-state index contributed by atoms with van der Waals surface area (Å²) >= 11 is 0. The molecule has 1 aromatic rings. The minimum absolute atomic E-state index is 0.530. The Hall–Kier alpha value is -1.06. The zero-order valence-corrected chi connectivity index (χ0v) is 11.7. The summed E-state index contributed by atoms with van der Waals surface area (Å²) in [4.78, 5) is 2.18. The van der Waals surface area contributed by atoms with Crippen molar-refractivity contribution in [2.75, 3.05) is 34.3 Å². The normalized spacial score (nSPS) is 18.1. The van der Waals surface area contributed by atoms with Crippen LogP contribution in [0.25, 0.3) is 0 Å². The molecule has 3 nitrogen and oxygen atoms in total. The predicted molar refractivity (Wildman–Crippen MR) is 75.2 cm³/mol. The average Bonchev–Trinajstić information content (AvgIpc) is 2.76. The van der Waals surface area contributed by atoms with Gasteiger partial charge in [-0.3, -0.25) is 0 Å². The highest BCUT2D eigenvalue weighted by molar-refractivity contribution is 5.40. The molecule has 0 aliphatic heterocycles. The minimum Gasteiger partial charge on any atom is -0.494 e. The zero-order chi connectivity index (χ0) is 13.0. The SMILES string of the molecule is CNC1CCc2cc(OCCCN(C)C)ccc21. The number of hydrogen-bond donors (Lipinski definition) is 1. The number of fused-ring (bicyclic) bond motifs is 1. The van der Waals surface area contributed by atoms with Crippen molar-refractivity contribution in [1.82, 2.24) is 10.2 Å². The second-order valence-electron chi connectivity index (χ2n) is 5.25. The van der Waals surface area contributed by atoms with Gasteiger partial charge in [-0.05, 0) is 63.7 Å². The van der Waals surface area contributed by atoms with Crippen molar-refractivity contribution >= 4 is 0 Å². The molecule has 0 aromatic heterocycles. The Morgan fingerprint density at radius 1 is 1.39 bits per heavy atom. The van der Waals surface area contributed by atoms with E-state index in [-0.39, 0.29) is 0 Å². The van der Waals surface area contributed by atoms with Crippen LogP contribution >= 0.6 is 0 Å². The van der Waals surface area contributed by atoms with Gasteiger partial charge in [-0.1, -0.05) is 6.07 Å². The lowest BCUT2D eigenvalue weighted by molar-refractivity contribution is 0.281. The Bertz CT molecular complexity index is 390. The summed E-state index contributed by atoms with van der Waals surface area (Å²) in [6.07, 6.45) is 3.44. The lowest BCUT2D eigenvalue weighted by Crippen LogP contribution is -2.15. The van der Waals surface area contributed by atoms with E-state index >= 15 is 0 Å². The van der Waals surface area contributed by atoms with Crippen molar-refractivity contribution in [3.63, 3.8) is 0 Å². The van der Waals surface area contributed by atoms with Gasteiger partial charge in [0.25, 0.3) is 0 Å². The summed E-state index contributed by atoms with van der Waals surface area (Å²) < 4.78 is 5.80. The van der Waals surface area contributed by atoms with Gasteiger partial charge in [0.2, 0.25) is 0 Å². The molecule has 100 valence electrons. The number of ether oxygens (including phenoxy) is 1. The van der Waals surface area contributed by atoms with E-state index in [1.807, 2.05) is 7.05 Å². The van der Waals surface area contributed by atoms with Crippen molar-refractivity contribution in [2.45, 2.75) is 25.3 Å². The van der Waals surface area contributed by atoms with Crippen LogP contribution in [0.5, 0.6) is 5.75 Å². The highest BCUT2D eigenvalue weighted by atomic mass is 16.5. The van der Waals surface area contributed by atoms with Crippen molar-refractivity contribution in [2.24, 2.45) is 0 Å². The van der Waals surface area contributed by atoms with Crippen molar-refractivity contribution < 1.29 is 4.74 Å². The molecule has 1 aliphatic carbocycles. The maximum atomic E-state index is 5.80. The molecule has 1 aromatic carbocycles. The Morgan fingerprint density at radius 3 is 2.94 bits per heavy atom. The van der Waals surface area contributed by atoms with E-state index in [2.05, 4.69) is 42.5 Å². The summed E-state index contributed by atoms with van der Waals surface area (Å²) in [6, 6.07) is 7.06. The molecule has 0 amide bonds. The third-order valence-electron chi connectivity index (χ3n) is 3.56. The number of nitrogens with zero attached hydrogens (tertiary/aromatic N) is 1. The largest absolute Gasteiger partial charge is 0.494 e. The molecular weight excluding hydrogens is 224 g/mol. The quantitative estimate of drug-likeness (QED) is 0.781. The topological polar surface area (TPSA) is 24.5 Å². The summed E-state index contributed by atoms with van der Waals surface area (Å²) in [6.45, 7) is 1.87. The Labute approximate surface area is 110 Å². The number of aryl methyl sites for hydroxylation is 1. The van der Waals surface area contributed by atoms with Crippen LogP contribution in [0, 0.1) is 0 Å².